The molecule has 2 aliphatic carbocycles. The minimum absolute atomic E-state index is 0.736. The van der Waals surface area contributed by atoms with Crippen LogP contribution in [0.15, 0.2) is 71.8 Å². The average molecular weight is 377 g/mol. The smallest absolute Gasteiger partial charge is 0.239 e. The third kappa shape index (κ3) is 5.00. The highest BCUT2D eigenvalue weighted by molar-refractivity contribution is 6.80. The van der Waals surface area contributed by atoms with Crippen LogP contribution in [0, 0.1) is 5.92 Å². The molecule has 0 spiro atoms. The molecule has 0 aromatic heterocycles. The Balaban J connectivity index is 1.37. The van der Waals surface area contributed by atoms with Crippen molar-refractivity contribution in [2.24, 2.45) is 5.92 Å². The molecule has 2 aliphatic rings. The Kier molecular flexibility index (Phi) is 6.60. The first-order valence-corrected chi connectivity index (χ1v) is 12.4. The molecule has 0 atom stereocenters. The zero-order valence-corrected chi connectivity index (χ0v) is 17.6. The van der Waals surface area contributed by atoms with Gasteiger partial charge in [0.05, 0.1) is 0 Å². The fraction of sp³-hybridized carbons (Fsp3) is 0.440. The lowest BCUT2D eigenvalue weighted by atomic mass is 9.80. The summed E-state index contributed by atoms with van der Waals surface area (Å²) in [7, 11) is -1.58. The zero-order valence-electron chi connectivity index (χ0n) is 16.4. The van der Waals surface area contributed by atoms with Gasteiger partial charge in [-0.15, -0.1) is 0 Å². The molecule has 2 fully saturated rings. The summed E-state index contributed by atoms with van der Waals surface area (Å²) in [4.78, 5) is 0. The normalized spacial score (nSPS) is 20.9. The molecule has 1 nitrogen and oxygen atoms in total. The van der Waals surface area contributed by atoms with Gasteiger partial charge in [0.2, 0.25) is 9.04 Å². The maximum Gasteiger partial charge on any atom is 0.239 e. The number of hydrogen-bond donors (Lipinski definition) is 0. The minimum Gasteiger partial charge on any atom is -0.411 e. The van der Waals surface area contributed by atoms with E-state index in [9.17, 15) is 0 Å². The summed E-state index contributed by atoms with van der Waals surface area (Å²) in [6.45, 7) is 0.934. The lowest BCUT2D eigenvalue weighted by Crippen LogP contribution is -2.45. The standard InChI is InChI=1S/C25H32OSi/c1-4-10-22(11-5-1)23-18-16-21(17-19-23)20-26-27(24-12-6-2-7-13-24)25-14-8-3-9-15-25/h2-3,6-9,12-15,21,27H,1,4-5,10-11,16-20H2. The van der Waals surface area contributed by atoms with Crippen molar-refractivity contribution in [1.29, 1.82) is 0 Å². The van der Waals surface area contributed by atoms with Crippen LogP contribution in [0.1, 0.15) is 57.8 Å². The molecule has 4 rings (SSSR count). The molecular formula is C25H32OSi. The molecule has 0 aliphatic heterocycles. The molecule has 142 valence electrons. The van der Waals surface area contributed by atoms with E-state index in [1.165, 1.54) is 68.2 Å². The van der Waals surface area contributed by atoms with Crippen LogP contribution in [-0.2, 0) is 4.43 Å². The van der Waals surface area contributed by atoms with Gasteiger partial charge in [0.1, 0.15) is 0 Å². The second kappa shape index (κ2) is 9.52. The maximum atomic E-state index is 6.66. The van der Waals surface area contributed by atoms with Crippen molar-refractivity contribution >= 4 is 19.4 Å². The van der Waals surface area contributed by atoms with Gasteiger partial charge >= 0.3 is 0 Å². The van der Waals surface area contributed by atoms with E-state index in [1.807, 2.05) is 11.1 Å². The van der Waals surface area contributed by atoms with Gasteiger partial charge in [0.25, 0.3) is 0 Å². The summed E-state index contributed by atoms with van der Waals surface area (Å²) in [6, 6.07) is 21.8. The van der Waals surface area contributed by atoms with E-state index in [-0.39, 0.29) is 0 Å². The summed E-state index contributed by atoms with van der Waals surface area (Å²) < 4.78 is 6.66. The van der Waals surface area contributed by atoms with Crippen LogP contribution < -0.4 is 10.4 Å². The van der Waals surface area contributed by atoms with Crippen LogP contribution in [-0.4, -0.2) is 15.6 Å². The molecule has 2 aromatic rings. The van der Waals surface area contributed by atoms with Crippen molar-refractivity contribution in [1.82, 2.24) is 0 Å². The molecular weight excluding hydrogens is 344 g/mol. The topological polar surface area (TPSA) is 9.23 Å². The van der Waals surface area contributed by atoms with E-state index in [2.05, 4.69) is 60.7 Å². The molecule has 0 saturated heterocycles. The predicted molar refractivity (Wildman–Crippen MR) is 117 cm³/mol. The Morgan fingerprint density at radius 3 is 1.74 bits per heavy atom. The fourth-order valence-electron chi connectivity index (χ4n) is 4.75. The van der Waals surface area contributed by atoms with Gasteiger partial charge in [-0.1, -0.05) is 78.2 Å². The monoisotopic (exact) mass is 376 g/mol. The Bertz CT molecular complexity index is 680. The predicted octanol–water partition coefficient (Wildman–Crippen LogP) is 4.99. The lowest BCUT2D eigenvalue weighted by Gasteiger charge is -2.29. The fourth-order valence-corrected chi connectivity index (χ4v) is 7.13. The van der Waals surface area contributed by atoms with Crippen LogP contribution >= 0.6 is 0 Å². The van der Waals surface area contributed by atoms with Gasteiger partial charge in [-0.3, -0.25) is 0 Å². The van der Waals surface area contributed by atoms with Crippen molar-refractivity contribution in [2.45, 2.75) is 57.8 Å². The molecule has 2 saturated carbocycles. The lowest BCUT2D eigenvalue weighted by molar-refractivity contribution is 0.228. The summed E-state index contributed by atoms with van der Waals surface area (Å²) in [5.41, 5.74) is 3.63. The molecule has 0 N–H and O–H groups in total. The Morgan fingerprint density at radius 1 is 0.667 bits per heavy atom. The summed E-state index contributed by atoms with van der Waals surface area (Å²) in [5.74, 6) is 0.736. The van der Waals surface area contributed by atoms with E-state index in [0.717, 1.165) is 12.5 Å². The second-order valence-corrected chi connectivity index (χ2v) is 10.7. The maximum absolute atomic E-state index is 6.66. The molecule has 0 unspecified atom stereocenters. The summed E-state index contributed by atoms with van der Waals surface area (Å²) >= 11 is 0. The molecule has 2 aromatic carbocycles. The van der Waals surface area contributed by atoms with E-state index in [1.54, 1.807) is 0 Å². The SMILES string of the molecule is c1ccc([SiH](OCC2CCC(=C3CCCCC3)CC2)c2ccccc2)cc1. The minimum atomic E-state index is -1.58. The Morgan fingerprint density at radius 2 is 1.19 bits per heavy atom. The average Bonchev–Trinajstić information content (AvgIpc) is 2.76. The van der Waals surface area contributed by atoms with E-state index in [0.29, 0.717) is 0 Å². The van der Waals surface area contributed by atoms with Crippen molar-refractivity contribution in [3.63, 3.8) is 0 Å². The van der Waals surface area contributed by atoms with E-state index in [4.69, 9.17) is 4.43 Å². The van der Waals surface area contributed by atoms with Crippen LogP contribution in [0.2, 0.25) is 0 Å². The van der Waals surface area contributed by atoms with Crippen molar-refractivity contribution in [3.8, 4) is 0 Å². The molecule has 0 bridgehead atoms. The number of benzene rings is 2. The van der Waals surface area contributed by atoms with Crippen LogP contribution in [0.5, 0.6) is 0 Å². The first-order chi connectivity index (χ1) is 13.4. The number of allylic oxidation sites excluding steroid dienone is 2. The first-order valence-electron chi connectivity index (χ1n) is 10.8. The van der Waals surface area contributed by atoms with Crippen molar-refractivity contribution in [2.75, 3.05) is 6.61 Å². The molecule has 27 heavy (non-hydrogen) atoms. The van der Waals surface area contributed by atoms with Gasteiger partial charge in [-0.2, -0.15) is 0 Å². The van der Waals surface area contributed by atoms with Gasteiger partial charge in [-0.25, -0.2) is 0 Å². The Hall–Kier alpha value is -1.64. The van der Waals surface area contributed by atoms with Gasteiger partial charge in [-0.05, 0) is 67.7 Å². The molecule has 0 heterocycles. The highest BCUT2D eigenvalue weighted by Gasteiger charge is 2.23. The highest BCUT2D eigenvalue weighted by atomic mass is 28.3. The third-order valence-corrected chi connectivity index (χ3v) is 8.88. The van der Waals surface area contributed by atoms with Crippen LogP contribution in [0.3, 0.4) is 0 Å². The summed E-state index contributed by atoms with van der Waals surface area (Å²) in [5, 5.41) is 2.79. The second-order valence-electron chi connectivity index (χ2n) is 8.25. The highest BCUT2D eigenvalue weighted by Crippen LogP contribution is 2.35. The van der Waals surface area contributed by atoms with Crippen LogP contribution in [0.4, 0.5) is 0 Å². The molecule has 0 amide bonds. The van der Waals surface area contributed by atoms with Crippen LogP contribution in [0.25, 0.3) is 0 Å². The van der Waals surface area contributed by atoms with E-state index < -0.39 is 9.04 Å². The zero-order chi connectivity index (χ0) is 18.3. The Labute approximate surface area is 166 Å². The molecule has 0 radical (unpaired) electrons. The quantitative estimate of drug-likeness (QED) is 0.527. The van der Waals surface area contributed by atoms with Gasteiger partial charge in [0.15, 0.2) is 0 Å². The van der Waals surface area contributed by atoms with Gasteiger partial charge < -0.3 is 4.43 Å². The number of hydrogen-bond acceptors (Lipinski definition) is 1. The summed E-state index contributed by atoms with van der Waals surface area (Å²) in [6.07, 6.45) is 12.4. The first kappa shape index (κ1) is 18.7. The van der Waals surface area contributed by atoms with Crippen molar-refractivity contribution < 1.29 is 4.43 Å². The van der Waals surface area contributed by atoms with E-state index >= 15 is 0 Å². The van der Waals surface area contributed by atoms with Crippen molar-refractivity contribution in [3.05, 3.63) is 71.8 Å². The third-order valence-electron chi connectivity index (χ3n) is 6.37. The van der Waals surface area contributed by atoms with Gasteiger partial charge in [0, 0.05) is 6.61 Å². The largest absolute Gasteiger partial charge is 0.411 e. The number of rotatable bonds is 5. The molecule has 2 heteroatoms.